The van der Waals surface area contributed by atoms with Crippen molar-refractivity contribution < 1.29 is 19.0 Å². The molecule has 0 bridgehead atoms. The number of methoxy groups -OCH3 is 1. The summed E-state index contributed by atoms with van der Waals surface area (Å²) >= 11 is 0. The lowest BCUT2D eigenvalue weighted by Gasteiger charge is -2.12. The fourth-order valence-electron chi connectivity index (χ4n) is 1.91. The summed E-state index contributed by atoms with van der Waals surface area (Å²) in [6.07, 6.45) is 0.777. The van der Waals surface area contributed by atoms with Crippen LogP contribution in [0.2, 0.25) is 0 Å². The van der Waals surface area contributed by atoms with E-state index in [1.807, 2.05) is 31.2 Å². The highest BCUT2D eigenvalue weighted by Gasteiger charge is 2.05. The van der Waals surface area contributed by atoms with Crippen molar-refractivity contribution in [2.75, 3.05) is 20.3 Å². The Morgan fingerprint density at radius 2 is 1.67 bits per heavy atom. The van der Waals surface area contributed by atoms with Gasteiger partial charge < -0.3 is 14.2 Å². The van der Waals surface area contributed by atoms with Crippen LogP contribution in [-0.2, 0) is 0 Å². The van der Waals surface area contributed by atoms with Gasteiger partial charge in [-0.3, -0.25) is 4.79 Å². The predicted octanol–water partition coefficient (Wildman–Crippen LogP) is 3.27. The number of carbonyl (C=O) groups excluding carboxylic acids is 1. The number of ether oxygens (including phenoxy) is 3. The average molecular weight is 286 g/mol. The third kappa shape index (κ3) is 3.99. The first-order valence-electron chi connectivity index (χ1n) is 6.69. The Bertz CT molecular complexity index is 607. The zero-order chi connectivity index (χ0) is 15.1. The van der Waals surface area contributed by atoms with Gasteiger partial charge in [-0.05, 0) is 36.8 Å². The van der Waals surface area contributed by atoms with E-state index in [0.29, 0.717) is 36.0 Å². The van der Waals surface area contributed by atoms with E-state index >= 15 is 0 Å². The lowest BCUT2D eigenvalue weighted by Crippen LogP contribution is -2.10. The predicted molar refractivity (Wildman–Crippen MR) is 80.6 cm³/mol. The van der Waals surface area contributed by atoms with E-state index in [2.05, 4.69) is 0 Å². The number of para-hydroxylation sites is 1. The molecule has 0 heterocycles. The molecule has 2 aromatic rings. The third-order valence-corrected chi connectivity index (χ3v) is 2.96. The molecular formula is C17H18O4. The van der Waals surface area contributed by atoms with Crippen molar-refractivity contribution in [3.8, 4) is 17.2 Å². The summed E-state index contributed by atoms with van der Waals surface area (Å²) in [7, 11) is 1.61. The maximum absolute atomic E-state index is 10.9. The molecule has 0 aliphatic heterocycles. The summed E-state index contributed by atoms with van der Waals surface area (Å²) in [5.41, 5.74) is 1.64. The van der Waals surface area contributed by atoms with Crippen molar-refractivity contribution in [2.24, 2.45) is 0 Å². The van der Waals surface area contributed by atoms with Crippen LogP contribution in [0.4, 0.5) is 0 Å². The maximum atomic E-state index is 10.9. The topological polar surface area (TPSA) is 44.8 Å². The highest BCUT2D eigenvalue weighted by Crippen LogP contribution is 2.27. The normalized spacial score (nSPS) is 10.0. The number of aryl methyl sites for hydroxylation is 1. The molecule has 0 aromatic heterocycles. The molecule has 0 fully saturated rings. The van der Waals surface area contributed by atoms with Crippen LogP contribution in [0.3, 0.4) is 0 Å². The number of rotatable bonds is 7. The molecule has 2 rings (SSSR count). The maximum Gasteiger partial charge on any atom is 0.161 e. The lowest BCUT2D eigenvalue weighted by atomic mass is 10.2. The molecule has 110 valence electrons. The first-order valence-corrected chi connectivity index (χ1v) is 6.69. The Kier molecular flexibility index (Phi) is 5.21. The zero-order valence-electron chi connectivity index (χ0n) is 12.2. The molecule has 0 unspecified atom stereocenters. The van der Waals surface area contributed by atoms with Gasteiger partial charge in [-0.2, -0.15) is 0 Å². The standard InChI is InChI=1S/C17H18O4/c1-13-7-8-16(17(11-13)19-2)21-10-9-20-15-6-4-3-5-14(15)12-18/h3-8,11-12H,9-10H2,1-2H3. The molecule has 0 N–H and O–H groups in total. The number of hydrogen-bond donors (Lipinski definition) is 0. The molecule has 4 heteroatoms. The van der Waals surface area contributed by atoms with E-state index in [-0.39, 0.29) is 0 Å². The fraction of sp³-hybridized carbons (Fsp3) is 0.235. The van der Waals surface area contributed by atoms with E-state index in [1.54, 1.807) is 25.3 Å². The minimum atomic E-state index is 0.349. The molecule has 0 saturated carbocycles. The van der Waals surface area contributed by atoms with Gasteiger partial charge in [-0.15, -0.1) is 0 Å². The van der Waals surface area contributed by atoms with Crippen LogP contribution in [0.1, 0.15) is 15.9 Å². The van der Waals surface area contributed by atoms with Crippen molar-refractivity contribution >= 4 is 6.29 Å². The van der Waals surface area contributed by atoms with Gasteiger partial charge in [-0.25, -0.2) is 0 Å². The molecule has 0 aliphatic carbocycles. The van der Waals surface area contributed by atoms with Gasteiger partial charge in [0.15, 0.2) is 17.8 Å². The van der Waals surface area contributed by atoms with E-state index < -0.39 is 0 Å². The second-order valence-corrected chi connectivity index (χ2v) is 4.51. The van der Waals surface area contributed by atoms with E-state index in [4.69, 9.17) is 14.2 Å². The summed E-state index contributed by atoms with van der Waals surface area (Å²) in [5, 5.41) is 0. The lowest BCUT2D eigenvalue weighted by molar-refractivity contribution is 0.111. The Labute approximate surface area is 124 Å². The Hall–Kier alpha value is -2.49. The number of hydrogen-bond acceptors (Lipinski definition) is 4. The van der Waals surface area contributed by atoms with Crippen LogP contribution in [0.25, 0.3) is 0 Å². The van der Waals surface area contributed by atoms with Crippen molar-refractivity contribution in [1.29, 1.82) is 0 Å². The molecule has 0 radical (unpaired) electrons. The summed E-state index contributed by atoms with van der Waals surface area (Å²) < 4.78 is 16.5. The van der Waals surface area contributed by atoms with Crippen molar-refractivity contribution in [3.63, 3.8) is 0 Å². The molecule has 0 aliphatic rings. The number of carbonyl (C=O) groups is 1. The van der Waals surface area contributed by atoms with Gasteiger partial charge in [0.1, 0.15) is 19.0 Å². The zero-order valence-corrected chi connectivity index (χ0v) is 12.2. The smallest absolute Gasteiger partial charge is 0.161 e. The highest BCUT2D eigenvalue weighted by molar-refractivity contribution is 5.79. The van der Waals surface area contributed by atoms with Crippen LogP contribution in [-0.4, -0.2) is 26.6 Å². The van der Waals surface area contributed by atoms with Gasteiger partial charge in [-0.1, -0.05) is 18.2 Å². The van der Waals surface area contributed by atoms with E-state index in [0.717, 1.165) is 11.8 Å². The highest BCUT2D eigenvalue weighted by atomic mass is 16.5. The van der Waals surface area contributed by atoms with Crippen LogP contribution in [0, 0.1) is 6.92 Å². The summed E-state index contributed by atoms with van der Waals surface area (Å²) in [4.78, 5) is 10.9. The number of aldehydes is 1. The summed E-state index contributed by atoms with van der Waals surface area (Å²) in [5.74, 6) is 1.94. The van der Waals surface area contributed by atoms with Gasteiger partial charge >= 0.3 is 0 Å². The van der Waals surface area contributed by atoms with Crippen LogP contribution >= 0.6 is 0 Å². The minimum absolute atomic E-state index is 0.349. The van der Waals surface area contributed by atoms with Crippen LogP contribution in [0.5, 0.6) is 17.2 Å². The molecule has 0 amide bonds. The Morgan fingerprint density at radius 3 is 2.38 bits per heavy atom. The van der Waals surface area contributed by atoms with Gasteiger partial charge in [0.2, 0.25) is 0 Å². The first kappa shape index (κ1) is 14.9. The first-order chi connectivity index (χ1) is 10.2. The molecule has 2 aromatic carbocycles. The molecule has 0 spiro atoms. The average Bonchev–Trinajstić information content (AvgIpc) is 2.52. The Balaban J connectivity index is 1.89. The fourth-order valence-corrected chi connectivity index (χ4v) is 1.91. The SMILES string of the molecule is COc1cc(C)ccc1OCCOc1ccccc1C=O. The van der Waals surface area contributed by atoms with Gasteiger partial charge in [0.05, 0.1) is 12.7 Å². The second-order valence-electron chi connectivity index (χ2n) is 4.51. The van der Waals surface area contributed by atoms with Crippen molar-refractivity contribution in [1.82, 2.24) is 0 Å². The quantitative estimate of drug-likeness (QED) is 0.579. The summed E-state index contributed by atoms with van der Waals surface area (Å²) in [6, 6.07) is 12.8. The van der Waals surface area contributed by atoms with Gasteiger partial charge in [0.25, 0.3) is 0 Å². The minimum Gasteiger partial charge on any atom is -0.493 e. The second kappa shape index (κ2) is 7.33. The van der Waals surface area contributed by atoms with Crippen LogP contribution in [0.15, 0.2) is 42.5 Å². The third-order valence-electron chi connectivity index (χ3n) is 2.96. The monoisotopic (exact) mass is 286 g/mol. The van der Waals surface area contributed by atoms with Gasteiger partial charge in [0, 0.05) is 0 Å². The molecule has 0 atom stereocenters. The largest absolute Gasteiger partial charge is 0.493 e. The van der Waals surface area contributed by atoms with E-state index in [1.165, 1.54) is 0 Å². The van der Waals surface area contributed by atoms with Crippen molar-refractivity contribution in [3.05, 3.63) is 53.6 Å². The van der Waals surface area contributed by atoms with Crippen molar-refractivity contribution in [2.45, 2.75) is 6.92 Å². The molecule has 21 heavy (non-hydrogen) atoms. The summed E-state index contributed by atoms with van der Waals surface area (Å²) in [6.45, 7) is 2.71. The molecular weight excluding hydrogens is 268 g/mol. The molecule has 4 nitrogen and oxygen atoms in total. The Morgan fingerprint density at radius 1 is 0.952 bits per heavy atom. The van der Waals surface area contributed by atoms with E-state index in [9.17, 15) is 4.79 Å². The van der Waals surface area contributed by atoms with Crippen LogP contribution < -0.4 is 14.2 Å². The number of benzene rings is 2. The molecule has 0 saturated heterocycles.